The van der Waals surface area contributed by atoms with E-state index in [-0.39, 0.29) is 0 Å². The maximum atomic E-state index is 6.10. The first-order valence-corrected chi connectivity index (χ1v) is 7.94. The number of halogens is 1. The number of fused-ring (bicyclic) bond motifs is 1. The van der Waals surface area contributed by atoms with E-state index in [0.717, 1.165) is 41.1 Å². The van der Waals surface area contributed by atoms with Crippen LogP contribution in [0.15, 0.2) is 16.6 Å². The molecular weight excluding hydrogens is 328 g/mol. The predicted molar refractivity (Wildman–Crippen MR) is 90.1 cm³/mol. The Morgan fingerprint density at radius 2 is 1.81 bits per heavy atom. The van der Waals surface area contributed by atoms with Crippen molar-refractivity contribution in [2.45, 2.75) is 33.6 Å². The summed E-state index contributed by atoms with van der Waals surface area (Å²) in [5.41, 5.74) is 10.9. The standard InChI is InChI=1S/C16H19BrN4/c1-9-7-12(17)8-10(2)14(9)21-6-4-5-13-15(18)19-11(3)20-16(13)21/h7-8H,4-6H2,1-3H3,(H2,18,19,20). The zero-order valence-corrected chi connectivity index (χ0v) is 14.2. The highest BCUT2D eigenvalue weighted by Crippen LogP contribution is 2.38. The molecule has 0 atom stereocenters. The summed E-state index contributed by atoms with van der Waals surface area (Å²) < 4.78 is 1.11. The molecule has 0 amide bonds. The van der Waals surface area contributed by atoms with Crippen LogP contribution in [0, 0.1) is 20.8 Å². The highest BCUT2D eigenvalue weighted by atomic mass is 79.9. The second-order valence-corrected chi connectivity index (χ2v) is 6.52. The molecule has 0 aliphatic carbocycles. The topological polar surface area (TPSA) is 55.0 Å². The molecule has 5 heteroatoms. The Labute approximate surface area is 133 Å². The number of hydrogen-bond acceptors (Lipinski definition) is 4. The lowest BCUT2D eigenvalue weighted by Gasteiger charge is -2.33. The zero-order chi connectivity index (χ0) is 15.1. The van der Waals surface area contributed by atoms with Gasteiger partial charge in [0.05, 0.1) is 0 Å². The van der Waals surface area contributed by atoms with Crippen LogP contribution < -0.4 is 10.6 Å². The Morgan fingerprint density at radius 1 is 1.14 bits per heavy atom. The van der Waals surface area contributed by atoms with Crippen LogP contribution in [0.5, 0.6) is 0 Å². The molecule has 2 heterocycles. The molecule has 2 aromatic rings. The van der Waals surface area contributed by atoms with E-state index in [1.54, 1.807) is 0 Å². The summed E-state index contributed by atoms with van der Waals surface area (Å²) in [6, 6.07) is 4.29. The van der Waals surface area contributed by atoms with Gasteiger partial charge in [0.2, 0.25) is 0 Å². The molecule has 1 aliphatic rings. The van der Waals surface area contributed by atoms with Gasteiger partial charge in [-0.15, -0.1) is 0 Å². The minimum absolute atomic E-state index is 0.620. The summed E-state index contributed by atoms with van der Waals surface area (Å²) >= 11 is 3.56. The molecule has 0 spiro atoms. The van der Waals surface area contributed by atoms with Crippen molar-refractivity contribution in [2.75, 3.05) is 17.2 Å². The third-order valence-corrected chi connectivity index (χ3v) is 4.38. The van der Waals surface area contributed by atoms with Crippen LogP contribution in [-0.4, -0.2) is 16.5 Å². The minimum atomic E-state index is 0.620. The van der Waals surface area contributed by atoms with Crippen molar-refractivity contribution >= 4 is 33.3 Å². The number of anilines is 3. The minimum Gasteiger partial charge on any atom is -0.383 e. The van der Waals surface area contributed by atoms with Gasteiger partial charge in [0.25, 0.3) is 0 Å². The van der Waals surface area contributed by atoms with Gasteiger partial charge in [-0.1, -0.05) is 15.9 Å². The van der Waals surface area contributed by atoms with Crippen LogP contribution >= 0.6 is 15.9 Å². The van der Waals surface area contributed by atoms with Crippen molar-refractivity contribution in [1.29, 1.82) is 0 Å². The molecular formula is C16H19BrN4. The molecule has 1 aromatic carbocycles. The van der Waals surface area contributed by atoms with E-state index in [0.29, 0.717) is 5.82 Å². The molecule has 21 heavy (non-hydrogen) atoms. The van der Waals surface area contributed by atoms with E-state index in [1.807, 2.05) is 6.92 Å². The Morgan fingerprint density at radius 3 is 2.48 bits per heavy atom. The maximum absolute atomic E-state index is 6.10. The molecule has 4 nitrogen and oxygen atoms in total. The fourth-order valence-corrected chi connectivity index (χ4v) is 3.82. The molecule has 0 fully saturated rings. The number of benzene rings is 1. The van der Waals surface area contributed by atoms with E-state index in [2.05, 4.69) is 56.8 Å². The number of nitrogens with zero attached hydrogens (tertiary/aromatic N) is 3. The third-order valence-electron chi connectivity index (χ3n) is 3.92. The Bertz CT molecular complexity index is 689. The zero-order valence-electron chi connectivity index (χ0n) is 12.6. The molecule has 1 aromatic heterocycles. The van der Waals surface area contributed by atoms with E-state index >= 15 is 0 Å². The highest BCUT2D eigenvalue weighted by Gasteiger charge is 2.25. The maximum Gasteiger partial charge on any atom is 0.142 e. The van der Waals surface area contributed by atoms with Crippen LogP contribution in [0.25, 0.3) is 0 Å². The van der Waals surface area contributed by atoms with Crippen molar-refractivity contribution < 1.29 is 0 Å². The number of hydrogen-bond donors (Lipinski definition) is 1. The van der Waals surface area contributed by atoms with Crippen LogP contribution in [-0.2, 0) is 6.42 Å². The molecule has 1 aliphatic heterocycles. The summed E-state index contributed by atoms with van der Waals surface area (Å²) in [4.78, 5) is 11.3. The van der Waals surface area contributed by atoms with Crippen molar-refractivity contribution in [2.24, 2.45) is 0 Å². The van der Waals surface area contributed by atoms with Crippen LogP contribution in [0.1, 0.15) is 28.9 Å². The Hall–Kier alpha value is -1.62. The molecule has 0 bridgehead atoms. The Kier molecular flexibility index (Phi) is 3.61. The van der Waals surface area contributed by atoms with Crippen molar-refractivity contribution in [1.82, 2.24) is 9.97 Å². The van der Waals surface area contributed by atoms with Crippen molar-refractivity contribution in [3.63, 3.8) is 0 Å². The predicted octanol–water partition coefficient (Wildman–Crippen LogP) is 3.83. The summed E-state index contributed by atoms with van der Waals surface area (Å²) in [6.45, 7) is 7.13. The van der Waals surface area contributed by atoms with Crippen LogP contribution in [0.2, 0.25) is 0 Å². The van der Waals surface area contributed by atoms with Crippen LogP contribution in [0.4, 0.5) is 17.3 Å². The van der Waals surface area contributed by atoms with Gasteiger partial charge in [0.15, 0.2) is 0 Å². The number of aryl methyl sites for hydroxylation is 3. The molecule has 2 N–H and O–H groups in total. The lowest BCUT2D eigenvalue weighted by molar-refractivity contribution is 0.741. The molecule has 0 radical (unpaired) electrons. The van der Waals surface area contributed by atoms with E-state index in [9.17, 15) is 0 Å². The van der Waals surface area contributed by atoms with E-state index < -0.39 is 0 Å². The lowest BCUT2D eigenvalue weighted by Crippen LogP contribution is -2.28. The number of nitrogens with two attached hydrogens (primary N) is 1. The molecule has 110 valence electrons. The number of nitrogen functional groups attached to an aromatic ring is 1. The van der Waals surface area contributed by atoms with Gasteiger partial charge < -0.3 is 10.6 Å². The van der Waals surface area contributed by atoms with Gasteiger partial charge in [-0.3, -0.25) is 0 Å². The van der Waals surface area contributed by atoms with E-state index in [4.69, 9.17) is 5.73 Å². The lowest BCUT2D eigenvalue weighted by atomic mass is 10.0. The SMILES string of the molecule is Cc1nc(N)c2c(n1)N(c1c(C)cc(Br)cc1C)CCC2. The van der Waals surface area contributed by atoms with Gasteiger partial charge in [-0.2, -0.15) is 0 Å². The number of rotatable bonds is 1. The normalized spacial score (nSPS) is 14.2. The molecule has 0 saturated heterocycles. The van der Waals surface area contributed by atoms with Gasteiger partial charge in [-0.25, -0.2) is 9.97 Å². The van der Waals surface area contributed by atoms with Gasteiger partial charge >= 0.3 is 0 Å². The van der Waals surface area contributed by atoms with Gasteiger partial charge in [-0.05, 0) is 56.9 Å². The van der Waals surface area contributed by atoms with Gasteiger partial charge in [0, 0.05) is 22.3 Å². The summed E-state index contributed by atoms with van der Waals surface area (Å²) in [5, 5.41) is 0. The summed E-state index contributed by atoms with van der Waals surface area (Å²) in [5.74, 6) is 2.32. The molecule has 0 saturated carbocycles. The molecule has 3 rings (SSSR count). The summed E-state index contributed by atoms with van der Waals surface area (Å²) in [7, 11) is 0. The first-order chi connectivity index (χ1) is 9.97. The van der Waals surface area contributed by atoms with Crippen molar-refractivity contribution in [3.05, 3.63) is 39.1 Å². The second-order valence-electron chi connectivity index (χ2n) is 5.60. The molecule has 0 unspecified atom stereocenters. The smallest absolute Gasteiger partial charge is 0.142 e. The fraction of sp³-hybridized carbons (Fsp3) is 0.375. The largest absolute Gasteiger partial charge is 0.383 e. The quantitative estimate of drug-likeness (QED) is 0.852. The second kappa shape index (κ2) is 5.30. The monoisotopic (exact) mass is 346 g/mol. The van der Waals surface area contributed by atoms with Gasteiger partial charge in [0.1, 0.15) is 17.5 Å². The van der Waals surface area contributed by atoms with Crippen LogP contribution in [0.3, 0.4) is 0 Å². The van der Waals surface area contributed by atoms with E-state index in [1.165, 1.54) is 16.8 Å². The fourth-order valence-electron chi connectivity index (χ4n) is 3.13. The first-order valence-electron chi connectivity index (χ1n) is 7.14. The third kappa shape index (κ3) is 2.50. The highest BCUT2D eigenvalue weighted by molar-refractivity contribution is 9.10. The average molecular weight is 347 g/mol. The summed E-state index contributed by atoms with van der Waals surface area (Å²) in [6.07, 6.45) is 2.02. The first kappa shape index (κ1) is 14.3. The number of aromatic nitrogens is 2. The average Bonchev–Trinajstić information content (AvgIpc) is 2.38. The van der Waals surface area contributed by atoms with Crippen molar-refractivity contribution in [3.8, 4) is 0 Å². The Balaban J connectivity index is 2.19.